The molecule has 2 N–H and O–H groups in total. The van der Waals surface area contributed by atoms with Gasteiger partial charge >= 0.3 is 6.09 Å². The van der Waals surface area contributed by atoms with Crippen LogP contribution in [0.4, 0.5) is 20.6 Å². The predicted octanol–water partition coefficient (Wildman–Crippen LogP) is 2.53. The van der Waals surface area contributed by atoms with E-state index in [1.807, 2.05) is 0 Å². The van der Waals surface area contributed by atoms with Gasteiger partial charge < -0.3 is 4.74 Å². The van der Waals surface area contributed by atoms with E-state index in [2.05, 4.69) is 30.7 Å². The lowest BCUT2D eigenvalue weighted by molar-refractivity contribution is 0.187. The molecule has 19 heavy (non-hydrogen) atoms. The summed E-state index contributed by atoms with van der Waals surface area (Å²) in [5, 5.41) is 2.14. The van der Waals surface area contributed by atoms with Crippen molar-refractivity contribution in [1.82, 2.24) is 0 Å². The third-order valence-electron chi connectivity index (χ3n) is 2.12. The summed E-state index contributed by atoms with van der Waals surface area (Å²) in [5.74, 6) is -0.854. The van der Waals surface area contributed by atoms with Crippen molar-refractivity contribution < 1.29 is 22.3 Å². The number of hydrogen-bond acceptors (Lipinski definition) is 4. The number of hydrogen-bond donors (Lipinski definition) is 2. The number of benzene rings is 1. The molecule has 0 atom stereocenters. The largest absolute Gasteiger partial charge is 0.453 e. The molecule has 1 rings (SSSR count). The Labute approximate surface area is 118 Å². The second-order valence-electron chi connectivity index (χ2n) is 3.43. The molecule has 0 aliphatic heterocycles. The fraction of sp³-hybridized carbons (Fsp3) is 0.300. The fourth-order valence-corrected chi connectivity index (χ4v) is 2.32. The van der Waals surface area contributed by atoms with Crippen LogP contribution < -0.4 is 10.0 Å². The van der Waals surface area contributed by atoms with Crippen LogP contribution in [-0.4, -0.2) is 27.4 Å². The highest BCUT2D eigenvalue weighted by Crippen LogP contribution is 2.29. The summed E-state index contributed by atoms with van der Waals surface area (Å²) in [4.78, 5) is 11.0. The Kier molecular flexibility index (Phi) is 5.12. The number of methoxy groups -OCH3 is 1. The zero-order valence-corrected chi connectivity index (χ0v) is 12.6. The molecule has 0 heterocycles. The minimum absolute atomic E-state index is 0.120. The Balaban J connectivity index is 3.13. The standard InChI is InChI=1S/C10H12BrFN2O4S/c1-3-19(16,17)14-8-5-9(13-10(15)18-2)7(12)4-6(8)11/h4-5,14H,3H2,1-2H3,(H,13,15). The molecule has 0 fully saturated rings. The first kappa shape index (κ1) is 15.7. The van der Waals surface area contributed by atoms with Gasteiger partial charge in [0.05, 0.1) is 24.2 Å². The van der Waals surface area contributed by atoms with E-state index in [4.69, 9.17) is 0 Å². The van der Waals surface area contributed by atoms with Crippen LogP contribution in [0.25, 0.3) is 0 Å². The average molecular weight is 355 g/mol. The Morgan fingerprint density at radius 2 is 2.05 bits per heavy atom. The van der Waals surface area contributed by atoms with Crippen LogP contribution in [0.3, 0.4) is 0 Å². The summed E-state index contributed by atoms with van der Waals surface area (Å²) in [6, 6.07) is 2.20. The number of amides is 1. The number of rotatable bonds is 4. The Morgan fingerprint density at radius 1 is 1.42 bits per heavy atom. The molecule has 0 aromatic heterocycles. The van der Waals surface area contributed by atoms with Gasteiger partial charge in [0.25, 0.3) is 0 Å². The van der Waals surface area contributed by atoms with E-state index < -0.39 is 21.9 Å². The average Bonchev–Trinajstić information content (AvgIpc) is 2.34. The Hall–Kier alpha value is -1.35. The molecule has 0 radical (unpaired) electrons. The lowest BCUT2D eigenvalue weighted by atomic mass is 10.2. The summed E-state index contributed by atoms with van der Waals surface area (Å²) in [6.07, 6.45) is -0.856. The molecule has 1 aromatic carbocycles. The van der Waals surface area contributed by atoms with E-state index in [-0.39, 0.29) is 21.6 Å². The Morgan fingerprint density at radius 3 is 2.58 bits per heavy atom. The minimum atomic E-state index is -3.51. The quantitative estimate of drug-likeness (QED) is 0.869. The van der Waals surface area contributed by atoms with Crippen molar-refractivity contribution >= 4 is 43.4 Å². The topological polar surface area (TPSA) is 84.5 Å². The normalized spacial score (nSPS) is 10.9. The van der Waals surface area contributed by atoms with E-state index >= 15 is 0 Å². The van der Waals surface area contributed by atoms with Crippen molar-refractivity contribution in [3.8, 4) is 0 Å². The lowest BCUT2D eigenvalue weighted by Gasteiger charge is -2.11. The highest BCUT2D eigenvalue weighted by atomic mass is 79.9. The molecule has 106 valence electrons. The van der Waals surface area contributed by atoms with Crippen molar-refractivity contribution in [3.63, 3.8) is 0 Å². The third kappa shape index (κ3) is 4.35. The molecule has 0 saturated heterocycles. The van der Waals surface area contributed by atoms with Crippen LogP contribution in [0.15, 0.2) is 16.6 Å². The molecule has 6 nitrogen and oxygen atoms in total. The summed E-state index contributed by atoms with van der Waals surface area (Å²) in [5.41, 5.74) is -0.0708. The van der Waals surface area contributed by atoms with Crippen LogP contribution in [0.1, 0.15) is 6.92 Å². The van der Waals surface area contributed by atoms with Gasteiger partial charge in [-0.25, -0.2) is 17.6 Å². The van der Waals surface area contributed by atoms with Gasteiger partial charge in [-0.3, -0.25) is 10.0 Å². The molecule has 0 spiro atoms. The van der Waals surface area contributed by atoms with Gasteiger partial charge in [0.1, 0.15) is 5.82 Å². The minimum Gasteiger partial charge on any atom is -0.453 e. The smallest absolute Gasteiger partial charge is 0.411 e. The number of halogens is 2. The maximum absolute atomic E-state index is 13.6. The maximum atomic E-state index is 13.6. The van der Waals surface area contributed by atoms with E-state index in [0.717, 1.165) is 19.2 Å². The zero-order valence-electron chi connectivity index (χ0n) is 10.2. The SMILES string of the molecule is CCS(=O)(=O)Nc1cc(NC(=O)OC)c(F)cc1Br. The zero-order chi connectivity index (χ0) is 14.6. The summed E-state index contributed by atoms with van der Waals surface area (Å²) in [7, 11) is -2.37. The van der Waals surface area contributed by atoms with Crippen molar-refractivity contribution in [2.75, 3.05) is 22.9 Å². The van der Waals surface area contributed by atoms with E-state index in [1.54, 1.807) is 0 Å². The summed E-state index contributed by atoms with van der Waals surface area (Å²) >= 11 is 3.04. The molecular weight excluding hydrogens is 343 g/mol. The van der Waals surface area contributed by atoms with Gasteiger partial charge in [-0.2, -0.15) is 0 Å². The van der Waals surface area contributed by atoms with Crippen molar-refractivity contribution in [3.05, 3.63) is 22.4 Å². The lowest BCUT2D eigenvalue weighted by Crippen LogP contribution is -2.16. The molecule has 1 aromatic rings. The molecule has 0 bridgehead atoms. The van der Waals surface area contributed by atoms with E-state index in [1.165, 1.54) is 6.92 Å². The number of ether oxygens (including phenoxy) is 1. The molecule has 0 unspecified atom stereocenters. The second-order valence-corrected chi connectivity index (χ2v) is 6.30. The van der Waals surface area contributed by atoms with Gasteiger partial charge in [-0.05, 0) is 35.0 Å². The van der Waals surface area contributed by atoms with Gasteiger partial charge in [-0.1, -0.05) is 0 Å². The number of anilines is 2. The molecule has 1 amide bonds. The molecule has 0 aliphatic rings. The highest BCUT2D eigenvalue weighted by Gasteiger charge is 2.14. The van der Waals surface area contributed by atoms with E-state index in [0.29, 0.717) is 0 Å². The van der Waals surface area contributed by atoms with Crippen molar-refractivity contribution in [2.45, 2.75) is 6.92 Å². The number of carbonyl (C=O) groups is 1. The second kappa shape index (κ2) is 6.20. The van der Waals surface area contributed by atoms with Gasteiger partial charge in [0.15, 0.2) is 0 Å². The molecule has 0 aliphatic carbocycles. The first-order chi connectivity index (χ1) is 8.79. The number of sulfonamides is 1. The van der Waals surface area contributed by atoms with Crippen LogP contribution >= 0.6 is 15.9 Å². The first-order valence-electron chi connectivity index (χ1n) is 5.13. The maximum Gasteiger partial charge on any atom is 0.411 e. The summed E-state index contributed by atoms with van der Waals surface area (Å²) < 4.78 is 43.3. The third-order valence-corrected chi connectivity index (χ3v) is 4.07. The van der Waals surface area contributed by atoms with Crippen LogP contribution in [0, 0.1) is 5.82 Å². The van der Waals surface area contributed by atoms with Crippen LogP contribution in [-0.2, 0) is 14.8 Å². The predicted molar refractivity (Wildman–Crippen MR) is 73.2 cm³/mol. The van der Waals surface area contributed by atoms with Gasteiger partial charge in [-0.15, -0.1) is 0 Å². The monoisotopic (exact) mass is 354 g/mol. The van der Waals surface area contributed by atoms with Crippen molar-refractivity contribution in [1.29, 1.82) is 0 Å². The van der Waals surface area contributed by atoms with E-state index in [9.17, 15) is 17.6 Å². The van der Waals surface area contributed by atoms with Crippen LogP contribution in [0.2, 0.25) is 0 Å². The number of carbonyl (C=O) groups excluding carboxylic acids is 1. The summed E-state index contributed by atoms with van der Waals surface area (Å²) in [6.45, 7) is 1.47. The van der Waals surface area contributed by atoms with Gasteiger partial charge in [0.2, 0.25) is 10.0 Å². The van der Waals surface area contributed by atoms with Gasteiger partial charge in [0, 0.05) is 4.47 Å². The number of nitrogens with one attached hydrogen (secondary N) is 2. The fourth-order valence-electron chi connectivity index (χ4n) is 1.12. The molecule has 0 saturated carbocycles. The Bertz CT molecular complexity index is 591. The van der Waals surface area contributed by atoms with Crippen molar-refractivity contribution in [2.24, 2.45) is 0 Å². The highest BCUT2D eigenvalue weighted by molar-refractivity contribution is 9.10. The van der Waals surface area contributed by atoms with Crippen LogP contribution in [0.5, 0.6) is 0 Å². The first-order valence-corrected chi connectivity index (χ1v) is 7.58. The molecular formula is C10H12BrFN2O4S. The molecule has 9 heteroatoms.